The Morgan fingerprint density at radius 1 is 1.20 bits per heavy atom. The molecule has 2 aromatic rings. The number of carboxylic acids is 1. The highest BCUT2D eigenvalue weighted by Crippen LogP contribution is 2.18. The third kappa shape index (κ3) is 2.97. The number of H-pyrrole nitrogens is 1. The second-order valence-electron chi connectivity index (χ2n) is 4.40. The second-order valence-corrected chi connectivity index (χ2v) is 6.08. The number of hydrogen-bond donors (Lipinski definition) is 3. The molecule has 1 aromatic heterocycles. The minimum atomic E-state index is -3.80. The zero-order valence-electron chi connectivity index (χ0n) is 10.8. The normalized spacial score (nSPS) is 11.3. The first-order valence-electron chi connectivity index (χ1n) is 5.68. The van der Waals surface area contributed by atoms with E-state index in [1.807, 2.05) is 6.07 Å². The van der Waals surface area contributed by atoms with Crippen molar-refractivity contribution in [2.45, 2.75) is 18.7 Å². The Labute approximate surface area is 115 Å². The minimum Gasteiger partial charge on any atom is -0.477 e. The molecule has 0 aliphatic heterocycles. The third-order valence-corrected chi connectivity index (χ3v) is 3.89. The van der Waals surface area contributed by atoms with Gasteiger partial charge in [0, 0.05) is 6.07 Å². The van der Waals surface area contributed by atoms with E-state index in [1.54, 1.807) is 13.8 Å². The van der Waals surface area contributed by atoms with Crippen molar-refractivity contribution in [2.24, 2.45) is 0 Å². The summed E-state index contributed by atoms with van der Waals surface area (Å²) in [6.07, 6.45) is 0. The van der Waals surface area contributed by atoms with Gasteiger partial charge >= 0.3 is 5.97 Å². The average Bonchev–Trinajstić information content (AvgIpc) is 2.75. The molecule has 0 aliphatic rings. The highest BCUT2D eigenvalue weighted by molar-refractivity contribution is 7.92. The standard InChI is InChI=1S/C12H13N3O4S/c1-7-3-8(2)5-9(4-7)20(18,19)15-11-6-10(12(16)17)13-14-11/h3-6H,1-2H3,(H,16,17)(H2,13,14,15). The number of anilines is 1. The fourth-order valence-electron chi connectivity index (χ4n) is 1.77. The summed E-state index contributed by atoms with van der Waals surface area (Å²) in [5.74, 6) is -1.28. The summed E-state index contributed by atoms with van der Waals surface area (Å²) in [6.45, 7) is 3.59. The Hall–Kier alpha value is -2.35. The van der Waals surface area contributed by atoms with E-state index in [9.17, 15) is 13.2 Å². The van der Waals surface area contributed by atoms with Gasteiger partial charge in [0.15, 0.2) is 5.82 Å². The molecule has 8 heteroatoms. The summed E-state index contributed by atoms with van der Waals surface area (Å²) in [5, 5.41) is 14.6. The molecule has 106 valence electrons. The van der Waals surface area contributed by atoms with Gasteiger partial charge in [-0.1, -0.05) is 6.07 Å². The van der Waals surface area contributed by atoms with Crippen molar-refractivity contribution >= 4 is 21.8 Å². The van der Waals surface area contributed by atoms with Gasteiger partial charge in [-0.05, 0) is 37.1 Å². The molecule has 20 heavy (non-hydrogen) atoms. The maximum atomic E-state index is 12.2. The summed E-state index contributed by atoms with van der Waals surface area (Å²) >= 11 is 0. The predicted molar refractivity (Wildman–Crippen MR) is 72.3 cm³/mol. The van der Waals surface area contributed by atoms with Gasteiger partial charge in [-0.25, -0.2) is 13.2 Å². The summed E-state index contributed by atoms with van der Waals surface area (Å²) in [6, 6.07) is 6.03. The van der Waals surface area contributed by atoms with Crippen molar-refractivity contribution in [3.8, 4) is 0 Å². The Kier molecular flexibility index (Phi) is 3.49. The monoisotopic (exact) mass is 295 g/mol. The molecular weight excluding hydrogens is 282 g/mol. The van der Waals surface area contributed by atoms with Crippen molar-refractivity contribution in [3.63, 3.8) is 0 Å². The molecule has 0 bridgehead atoms. The van der Waals surface area contributed by atoms with Gasteiger partial charge in [0.05, 0.1) is 4.90 Å². The molecule has 0 saturated carbocycles. The molecule has 3 N–H and O–H groups in total. The van der Waals surface area contributed by atoms with Crippen LogP contribution in [0.2, 0.25) is 0 Å². The summed E-state index contributed by atoms with van der Waals surface area (Å²) in [4.78, 5) is 10.8. The van der Waals surface area contributed by atoms with Crippen LogP contribution in [0.1, 0.15) is 21.6 Å². The molecule has 0 aliphatic carbocycles. The van der Waals surface area contributed by atoms with Crippen molar-refractivity contribution in [2.75, 3.05) is 4.72 Å². The molecule has 1 aromatic carbocycles. The van der Waals surface area contributed by atoms with E-state index >= 15 is 0 Å². The summed E-state index contributed by atoms with van der Waals surface area (Å²) < 4.78 is 26.6. The number of aromatic carboxylic acids is 1. The lowest BCUT2D eigenvalue weighted by Gasteiger charge is -2.07. The molecule has 0 spiro atoms. The average molecular weight is 295 g/mol. The molecule has 0 saturated heterocycles. The number of carbonyl (C=O) groups is 1. The molecule has 0 fully saturated rings. The highest BCUT2D eigenvalue weighted by Gasteiger charge is 2.17. The molecule has 0 radical (unpaired) electrons. The van der Waals surface area contributed by atoms with Crippen LogP contribution in [-0.4, -0.2) is 29.7 Å². The summed E-state index contributed by atoms with van der Waals surface area (Å²) in [7, 11) is -3.80. The van der Waals surface area contributed by atoms with Gasteiger partial charge < -0.3 is 5.11 Å². The minimum absolute atomic E-state index is 0.0680. The number of aromatic amines is 1. The van der Waals surface area contributed by atoms with Crippen LogP contribution in [0.5, 0.6) is 0 Å². The van der Waals surface area contributed by atoms with Crippen LogP contribution < -0.4 is 4.72 Å². The first kappa shape index (κ1) is 14.1. The van der Waals surface area contributed by atoms with E-state index in [0.29, 0.717) is 0 Å². The molecule has 0 atom stereocenters. The first-order valence-corrected chi connectivity index (χ1v) is 7.16. The van der Waals surface area contributed by atoms with E-state index in [0.717, 1.165) is 17.2 Å². The summed E-state index contributed by atoms with van der Waals surface area (Å²) in [5.41, 5.74) is 1.44. The van der Waals surface area contributed by atoms with Crippen molar-refractivity contribution in [1.82, 2.24) is 10.2 Å². The number of aryl methyl sites for hydroxylation is 2. The molecule has 2 rings (SSSR count). The fraction of sp³-hybridized carbons (Fsp3) is 0.167. The van der Waals surface area contributed by atoms with Gasteiger partial charge in [0.1, 0.15) is 5.69 Å². The molecular formula is C12H13N3O4S. The van der Waals surface area contributed by atoms with Gasteiger partial charge in [-0.2, -0.15) is 5.10 Å². The molecule has 0 amide bonds. The van der Waals surface area contributed by atoms with Crippen LogP contribution >= 0.6 is 0 Å². The maximum absolute atomic E-state index is 12.2. The number of nitrogens with zero attached hydrogens (tertiary/aromatic N) is 1. The van der Waals surface area contributed by atoms with E-state index in [1.165, 1.54) is 12.1 Å². The van der Waals surface area contributed by atoms with E-state index in [-0.39, 0.29) is 16.4 Å². The number of sulfonamides is 1. The zero-order valence-corrected chi connectivity index (χ0v) is 11.7. The smallest absolute Gasteiger partial charge is 0.353 e. The number of aromatic nitrogens is 2. The second kappa shape index (κ2) is 4.97. The van der Waals surface area contributed by atoms with Crippen LogP contribution in [-0.2, 0) is 10.0 Å². The number of nitrogens with one attached hydrogen (secondary N) is 2. The van der Waals surface area contributed by atoms with Crippen LogP contribution in [0.25, 0.3) is 0 Å². The van der Waals surface area contributed by atoms with Crippen LogP contribution in [0.4, 0.5) is 5.82 Å². The fourth-order valence-corrected chi connectivity index (χ4v) is 2.95. The number of hydrogen-bond acceptors (Lipinski definition) is 4. The topological polar surface area (TPSA) is 112 Å². The molecule has 7 nitrogen and oxygen atoms in total. The van der Waals surface area contributed by atoms with Crippen LogP contribution in [0.15, 0.2) is 29.2 Å². The molecule has 1 heterocycles. The Bertz CT molecular complexity index is 745. The Balaban J connectivity index is 2.32. The van der Waals surface area contributed by atoms with E-state index < -0.39 is 16.0 Å². The Morgan fingerprint density at radius 3 is 2.30 bits per heavy atom. The Morgan fingerprint density at radius 2 is 1.80 bits per heavy atom. The number of rotatable bonds is 4. The van der Waals surface area contributed by atoms with E-state index in [2.05, 4.69) is 14.9 Å². The van der Waals surface area contributed by atoms with Gasteiger partial charge in [0.2, 0.25) is 0 Å². The van der Waals surface area contributed by atoms with Crippen molar-refractivity contribution in [3.05, 3.63) is 41.1 Å². The highest BCUT2D eigenvalue weighted by atomic mass is 32.2. The van der Waals surface area contributed by atoms with Gasteiger partial charge in [-0.15, -0.1) is 0 Å². The quantitative estimate of drug-likeness (QED) is 0.791. The van der Waals surface area contributed by atoms with Crippen molar-refractivity contribution < 1.29 is 18.3 Å². The lowest BCUT2D eigenvalue weighted by molar-refractivity contribution is 0.0690. The van der Waals surface area contributed by atoms with Crippen molar-refractivity contribution in [1.29, 1.82) is 0 Å². The van der Waals surface area contributed by atoms with E-state index in [4.69, 9.17) is 5.11 Å². The van der Waals surface area contributed by atoms with Crippen LogP contribution in [0.3, 0.4) is 0 Å². The molecule has 0 unspecified atom stereocenters. The zero-order chi connectivity index (χ0) is 14.9. The SMILES string of the molecule is Cc1cc(C)cc(S(=O)(=O)Nc2cc(C(=O)O)[nH]n2)c1. The van der Waals surface area contributed by atoms with Crippen LogP contribution in [0, 0.1) is 13.8 Å². The maximum Gasteiger partial charge on any atom is 0.353 e. The van der Waals surface area contributed by atoms with Gasteiger partial charge in [-0.3, -0.25) is 9.82 Å². The largest absolute Gasteiger partial charge is 0.477 e. The number of carboxylic acid groups (broad SMARTS) is 1. The number of benzene rings is 1. The predicted octanol–water partition coefficient (Wildman–Crippen LogP) is 1.53. The van der Waals surface area contributed by atoms with Gasteiger partial charge in [0.25, 0.3) is 10.0 Å². The lowest BCUT2D eigenvalue weighted by Crippen LogP contribution is -2.13. The third-order valence-electron chi connectivity index (χ3n) is 2.55. The lowest BCUT2D eigenvalue weighted by atomic mass is 10.2. The first-order chi connectivity index (χ1) is 9.28.